The number of carboxylic acid groups (broad SMARTS) is 1. The first kappa shape index (κ1) is 15.6. The standard InChI is InChI=1S/C14H19N3O3S/c1-5-12-15-16-14(21-7-13(18)19)17(12)9(3)11-6-8(2)20-10(11)4/h6,9H,5,7H2,1-4H3,(H,18,19). The molecule has 7 heteroatoms. The zero-order valence-electron chi connectivity index (χ0n) is 12.6. The minimum absolute atomic E-state index is 0.00342. The van der Waals surface area contributed by atoms with Crippen molar-refractivity contribution in [2.24, 2.45) is 0 Å². The van der Waals surface area contributed by atoms with Gasteiger partial charge in [-0.15, -0.1) is 10.2 Å². The van der Waals surface area contributed by atoms with Gasteiger partial charge in [-0.1, -0.05) is 18.7 Å². The topological polar surface area (TPSA) is 81.1 Å². The number of hydrogen-bond acceptors (Lipinski definition) is 5. The fraction of sp³-hybridized carbons (Fsp3) is 0.500. The lowest BCUT2D eigenvalue weighted by atomic mass is 10.1. The number of carboxylic acids is 1. The first-order chi connectivity index (χ1) is 9.93. The lowest BCUT2D eigenvalue weighted by Crippen LogP contribution is -2.12. The lowest BCUT2D eigenvalue weighted by molar-refractivity contribution is -0.133. The van der Waals surface area contributed by atoms with Crippen molar-refractivity contribution in [3.8, 4) is 0 Å². The SMILES string of the molecule is CCc1nnc(SCC(=O)O)n1C(C)c1cc(C)oc1C. The van der Waals surface area contributed by atoms with E-state index in [2.05, 4.69) is 10.2 Å². The highest BCUT2D eigenvalue weighted by atomic mass is 32.2. The fourth-order valence-corrected chi connectivity index (χ4v) is 3.12. The molecule has 0 aromatic carbocycles. The molecular formula is C14H19N3O3S. The second kappa shape index (κ2) is 6.34. The van der Waals surface area contributed by atoms with Crippen LogP contribution >= 0.6 is 11.8 Å². The molecule has 114 valence electrons. The molecule has 0 amide bonds. The molecule has 21 heavy (non-hydrogen) atoms. The van der Waals surface area contributed by atoms with Crippen molar-refractivity contribution in [3.63, 3.8) is 0 Å². The number of carbonyl (C=O) groups is 1. The number of aliphatic carboxylic acids is 1. The first-order valence-corrected chi connectivity index (χ1v) is 7.77. The second-order valence-electron chi connectivity index (χ2n) is 4.85. The van der Waals surface area contributed by atoms with Crippen molar-refractivity contribution in [3.05, 3.63) is 29.0 Å². The molecule has 0 bridgehead atoms. The lowest BCUT2D eigenvalue weighted by Gasteiger charge is -2.17. The highest BCUT2D eigenvalue weighted by molar-refractivity contribution is 7.99. The summed E-state index contributed by atoms with van der Waals surface area (Å²) < 4.78 is 7.58. The molecule has 0 fully saturated rings. The molecule has 2 rings (SSSR count). The maximum absolute atomic E-state index is 10.8. The smallest absolute Gasteiger partial charge is 0.313 e. The van der Waals surface area contributed by atoms with Gasteiger partial charge in [0.25, 0.3) is 0 Å². The van der Waals surface area contributed by atoms with Gasteiger partial charge in [0.2, 0.25) is 0 Å². The van der Waals surface area contributed by atoms with Crippen LogP contribution in [-0.2, 0) is 11.2 Å². The van der Waals surface area contributed by atoms with E-state index in [4.69, 9.17) is 9.52 Å². The first-order valence-electron chi connectivity index (χ1n) is 6.79. The van der Waals surface area contributed by atoms with Crippen LogP contribution in [0.2, 0.25) is 0 Å². The molecule has 0 saturated heterocycles. The average Bonchev–Trinajstić information content (AvgIpc) is 2.98. The molecule has 0 saturated carbocycles. The molecule has 1 unspecified atom stereocenters. The van der Waals surface area contributed by atoms with E-state index in [-0.39, 0.29) is 11.8 Å². The normalized spacial score (nSPS) is 12.6. The van der Waals surface area contributed by atoms with E-state index in [1.807, 2.05) is 38.3 Å². The van der Waals surface area contributed by atoms with E-state index >= 15 is 0 Å². The van der Waals surface area contributed by atoms with Crippen LogP contribution in [0.4, 0.5) is 0 Å². The minimum Gasteiger partial charge on any atom is -0.481 e. The summed E-state index contributed by atoms with van der Waals surface area (Å²) in [5.41, 5.74) is 1.07. The third-order valence-electron chi connectivity index (χ3n) is 3.29. The van der Waals surface area contributed by atoms with E-state index in [1.54, 1.807) is 0 Å². The van der Waals surface area contributed by atoms with E-state index in [0.717, 1.165) is 29.3 Å². The molecule has 2 heterocycles. The fourth-order valence-electron chi connectivity index (χ4n) is 2.37. The molecule has 0 aliphatic heterocycles. The number of aryl methyl sites for hydroxylation is 3. The Hall–Kier alpha value is -1.76. The quantitative estimate of drug-likeness (QED) is 0.826. The van der Waals surface area contributed by atoms with Gasteiger partial charge in [-0.25, -0.2) is 0 Å². The average molecular weight is 309 g/mol. The van der Waals surface area contributed by atoms with Crippen LogP contribution in [0.5, 0.6) is 0 Å². The molecule has 0 aliphatic rings. The monoisotopic (exact) mass is 309 g/mol. The van der Waals surface area contributed by atoms with Gasteiger partial charge in [-0.3, -0.25) is 9.36 Å². The maximum atomic E-state index is 10.8. The van der Waals surface area contributed by atoms with E-state index in [1.165, 1.54) is 11.8 Å². The van der Waals surface area contributed by atoms with E-state index in [0.29, 0.717) is 5.16 Å². The van der Waals surface area contributed by atoms with Crippen molar-refractivity contribution in [2.75, 3.05) is 5.75 Å². The summed E-state index contributed by atoms with van der Waals surface area (Å²) in [6.45, 7) is 7.89. The van der Waals surface area contributed by atoms with Crippen LogP contribution in [0, 0.1) is 13.8 Å². The Labute approximate surface area is 127 Å². The minimum atomic E-state index is -0.865. The number of nitrogens with zero attached hydrogens (tertiary/aromatic N) is 3. The zero-order chi connectivity index (χ0) is 15.6. The van der Waals surface area contributed by atoms with E-state index in [9.17, 15) is 4.79 Å². The summed E-state index contributed by atoms with van der Waals surface area (Å²) in [6, 6.07) is 2.01. The number of aromatic nitrogens is 3. The Kier molecular flexibility index (Phi) is 4.72. The van der Waals surface area contributed by atoms with Crippen molar-refractivity contribution < 1.29 is 14.3 Å². The van der Waals surface area contributed by atoms with Gasteiger partial charge in [0.15, 0.2) is 5.16 Å². The summed E-state index contributed by atoms with van der Waals surface area (Å²) in [5.74, 6) is 1.67. The Bertz CT molecular complexity index is 648. The molecule has 0 spiro atoms. The van der Waals surface area contributed by atoms with Crippen LogP contribution in [0.3, 0.4) is 0 Å². The van der Waals surface area contributed by atoms with Gasteiger partial charge < -0.3 is 9.52 Å². The highest BCUT2D eigenvalue weighted by Gasteiger charge is 2.22. The van der Waals surface area contributed by atoms with Crippen molar-refractivity contribution in [1.82, 2.24) is 14.8 Å². The van der Waals surface area contributed by atoms with Crippen LogP contribution in [0.15, 0.2) is 15.6 Å². The summed E-state index contributed by atoms with van der Waals surface area (Å²) in [7, 11) is 0. The van der Waals surface area contributed by atoms with Crippen molar-refractivity contribution in [2.45, 2.75) is 45.3 Å². The van der Waals surface area contributed by atoms with Crippen LogP contribution in [-0.4, -0.2) is 31.6 Å². The number of rotatable bonds is 6. The third-order valence-corrected chi connectivity index (χ3v) is 4.22. The van der Waals surface area contributed by atoms with Gasteiger partial charge in [-0.2, -0.15) is 0 Å². The molecule has 1 N–H and O–H groups in total. The summed E-state index contributed by atoms with van der Waals surface area (Å²) in [5, 5.41) is 17.8. The Morgan fingerprint density at radius 3 is 2.71 bits per heavy atom. The number of thioether (sulfide) groups is 1. The Morgan fingerprint density at radius 1 is 1.48 bits per heavy atom. The van der Waals surface area contributed by atoms with Gasteiger partial charge in [0.1, 0.15) is 17.3 Å². The van der Waals surface area contributed by atoms with Crippen molar-refractivity contribution >= 4 is 17.7 Å². The van der Waals surface area contributed by atoms with Gasteiger partial charge in [-0.05, 0) is 26.8 Å². The number of hydrogen-bond donors (Lipinski definition) is 1. The van der Waals surface area contributed by atoms with Gasteiger partial charge in [0, 0.05) is 12.0 Å². The molecule has 6 nitrogen and oxygen atoms in total. The molecule has 0 radical (unpaired) electrons. The predicted molar refractivity (Wildman–Crippen MR) is 79.8 cm³/mol. The Balaban J connectivity index is 2.38. The van der Waals surface area contributed by atoms with Gasteiger partial charge in [0.05, 0.1) is 11.8 Å². The molecule has 1 atom stereocenters. The summed E-state index contributed by atoms with van der Waals surface area (Å²) in [6.07, 6.45) is 0.737. The largest absolute Gasteiger partial charge is 0.481 e. The van der Waals surface area contributed by atoms with Crippen LogP contribution < -0.4 is 0 Å². The second-order valence-corrected chi connectivity index (χ2v) is 5.79. The van der Waals surface area contributed by atoms with Crippen LogP contribution in [0.1, 0.15) is 42.8 Å². The van der Waals surface area contributed by atoms with Gasteiger partial charge >= 0.3 is 5.97 Å². The summed E-state index contributed by atoms with van der Waals surface area (Å²) in [4.78, 5) is 10.8. The summed E-state index contributed by atoms with van der Waals surface area (Å²) >= 11 is 1.19. The van der Waals surface area contributed by atoms with Crippen molar-refractivity contribution in [1.29, 1.82) is 0 Å². The molecule has 0 aliphatic carbocycles. The highest BCUT2D eigenvalue weighted by Crippen LogP contribution is 2.29. The molecule has 2 aromatic rings. The Morgan fingerprint density at radius 2 is 2.19 bits per heavy atom. The van der Waals surface area contributed by atoms with E-state index < -0.39 is 5.97 Å². The molecule has 2 aromatic heterocycles. The van der Waals surface area contributed by atoms with Crippen LogP contribution in [0.25, 0.3) is 0 Å². The molecular weight excluding hydrogens is 290 g/mol. The zero-order valence-corrected chi connectivity index (χ0v) is 13.4. The third kappa shape index (κ3) is 3.29. The predicted octanol–water partition coefficient (Wildman–Crippen LogP) is 2.84. The number of furan rings is 1. The maximum Gasteiger partial charge on any atom is 0.313 e.